The summed E-state index contributed by atoms with van der Waals surface area (Å²) >= 11 is 0. The van der Waals surface area contributed by atoms with E-state index in [4.69, 9.17) is 5.26 Å². The summed E-state index contributed by atoms with van der Waals surface area (Å²) in [4.78, 5) is 29.2. The van der Waals surface area contributed by atoms with Crippen molar-refractivity contribution < 1.29 is 4.79 Å². The van der Waals surface area contributed by atoms with Crippen LogP contribution in [0.2, 0.25) is 0 Å². The van der Waals surface area contributed by atoms with E-state index in [1.165, 1.54) is 5.56 Å². The highest BCUT2D eigenvalue weighted by Crippen LogP contribution is 2.32. The van der Waals surface area contributed by atoms with Crippen molar-refractivity contribution in [2.45, 2.75) is 46.1 Å². The zero-order chi connectivity index (χ0) is 18.1. The van der Waals surface area contributed by atoms with Gasteiger partial charge in [-0.2, -0.15) is 5.26 Å². The number of para-hydroxylation sites is 1. The Morgan fingerprint density at radius 3 is 2.80 bits per heavy atom. The van der Waals surface area contributed by atoms with Crippen molar-refractivity contribution >= 4 is 11.6 Å². The third-order valence-electron chi connectivity index (χ3n) is 4.99. The van der Waals surface area contributed by atoms with Crippen LogP contribution in [0.25, 0.3) is 0 Å². The molecule has 128 valence electrons. The summed E-state index contributed by atoms with van der Waals surface area (Å²) in [6.07, 6.45) is 1.72. The molecule has 0 fully saturated rings. The maximum Gasteiger partial charge on any atom is 0.266 e. The van der Waals surface area contributed by atoms with Crippen molar-refractivity contribution in [3.8, 4) is 6.07 Å². The molecule has 1 unspecified atom stereocenters. The molecule has 2 heterocycles. The number of aromatic nitrogens is 1. The van der Waals surface area contributed by atoms with E-state index < -0.39 is 0 Å². The second kappa shape index (κ2) is 6.56. The Kier molecular flexibility index (Phi) is 4.45. The van der Waals surface area contributed by atoms with E-state index in [1.807, 2.05) is 36.1 Å². The van der Waals surface area contributed by atoms with E-state index >= 15 is 0 Å². The molecule has 1 N–H and O–H groups in total. The smallest absolute Gasteiger partial charge is 0.266 e. The first-order valence-corrected chi connectivity index (χ1v) is 8.46. The largest absolute Gasteiger partial charge is 0.325 e. The summed E-state index contributed by atoms with van der Waals surface area (Å²) in [5.74, 6) is 0.0703. The number of nitrogens with one attached hydrogen (secondary N) is 1. The standard InChI is InChI=1S/C20H21N3O2/c1-12-10-15-6-4-5-7-18(15)23(12)19(24)9-8-16-13(2)17(11-21)20(25)22-14(16)3/h4-7,12H,8-10H2,1-3H3,(H,22,25). The van der Waals surface area contributed by atoms with Crippen LogP contribution in [-0.2, 0) is 17.6 Å². The number of fused-ring (bicyclic) bond motifs is 1. The molecule has 1 aromatic carbocycles. The van der Waals surface area contributed by atoms with Crippen molar-refractivity contribution in [3.63, 3.8) is 0 Å². The third kappa shape index (κ3) is 2.96. The highest BCUT2D eigenvalue weighted by Gasteiger charge is 2.30. The first-order chi connectivity index (χ1) is 11.9. The van der Waals surface area contributed by atoms with Crippen LogP contribution in [0.5, 0.6) is 0 Å². The highest BCUT2D eigenvalue weighted by molar-refractivity contribution is 5.96. The third-order valence-corrected chi connectivity index (χ3v) is 4.99. The predicted octanol–water partition coefficient (Wildman–Crippen LogP) is 2.77. The quantitative estimate of drug-likeness (QED) is 0.937. The van der Waals surface area contributed by atoms with Crippen molar-refractivity contribution in [2.24, 2.45) is 0 Å². The Morgan fingerprint density at radius 2 is 2.08 bits per heavy atom. The fourth-order valence-corrected chi connectivity index (χ4v) is 3.72. The maximum absolute atomic E-state index is 12.8. The molecule has 1 aliphatic rings. The average Bonchev–Trinajstić information content (AvgIpc) is 2.90. The van der Waals surface area contributed by atoms with Crippen LogP contribution in [0.3, 0.4) is 0 Å². The van der Waals surface area contributed by atoms with Crippen molar-refractivity contribution in [1.29, 1.82) is 5.26 Å². The molecule has 0 spiro atoms. The Bertz CT molecular complexity index is 937. The number of hydrogen-bond donors (Lipinski definition) is 1. The number of aryl methyl sites for hydroxylation is 1. The Balaban J connectivity index is 1.83. The number of rotatable bonds is 3. The van der Waals surface area contributed by atoms with Gasteiger partial charge in [0.05, 0.1) is 0 Å². The van der Waals surface area contributed by atoms with Crippen LogP contribution in [0.15, 0.2) is 29.1 Å². The van der Waals surface area contributed by atoms with E-state index in [0.717, 1.165) is 23.4 Å². The lowest BCUT2D eigenvalue weighted by Crippen LogP contribution is -2.36. The predicted molar refractivity (Wildman–Crippen MR) is 96.7 cm³/mol. The molecule has 1 atom stereocenters. The number of amides is 1. The van der Waals surface area contributed by atoms with Gasteiger partial charge in [-0.25, -0.2) is 0 Å². The molecule has 0 bridgehead atoms. The number of pyridine rings is 1. The van der Waals surface area contributed by atoms with Gasteiger partial charge in [-0.1, -0.05) is 18.2 Å². The van der Waals surface area contributed by atoms with Crippen LogP contribution < -0.4 is 10.5 Å². The molecule has 0 saturated carbocycles. The van der Waals surface area contributed by atoms with E-state index in [1.54, 1.807) is 6.92 Å². The fourth-order valence-electron chi connectivity index (χ4n) is 3.72. The van der Waals surface area contributed by atoms with Gasteiger partial charge in [0, 0.05) is 23.8 Å². The van der Waals surface area contributed by atoms with Gasteiger partial charge >= 0.3 is 0 Å². The minimum absolute atomic E-state index is 0.0703. The van der Waals surface area contributed by atoms with Gasteiger partial charge in [0.15, 0.2) is 0 Å². The number of carbonyl (C=O) groups is 1. The van der Waals surface area contributed by atoms with Gasteiger partial charge in [-0.3, -0.25) is 9.59 Å². The van der Waals surface area contributed by atoms with Crippen LogP contribution >= 0.6 is 0 Å². The minimum atomic E-state index is -0.366. The lowest BCUT2D eigenvalue weighted by molar-refractivity contribution is -0.118. The number of anilines is 1. The van der Waals surface area contributed by atoms with Gasteiger partial charge < -0.3 is 9.88 Å². The minimum Gasteiger partial charge on any atom is -0.325 e. The Hall–Kier alpha value is -2.87. The molecule has 25 heavy (non-hydrogen) atoms. The Labute approximate surface area is 146 Å². The maximum atomic E-state index is 12.8. The molecule has 0 aliphatic carbocycles. The van der Waals surface area contributed by atoms with E-state index in [0.29, 0.717) is 18.4 Å². The number of nitriles is 1. The number of aromatic amines is 1. The fraction of sp³-hybridized carbons (Fsp3) is 0.350. The van der Waals surface area contributed by atoms with Gasteiger partial charge in [0.2, 0.25) is 5.91 Å². The first kappa shape index (κ1) is 17.0. The van der Waals surface area contributed by atoms with Crippen molar-refractivity contribution in [3.05, 3.63) is 62.6 Å². The van der Waals surface area contributed by atoms with E-state index in [-0.39, 0.29) is 23.1 Å². The highest BCUT2D eigenvalue weighted by atomic mass is 16.2. The van der Waals surface area contributed by atoms with Gasteiger partial charge in [0.1, 0.15) is 11.6 Å². The average molecular weight is 335 g/mol. The molecule has 1 aliphatic heterocycles. The number of hydrogen-bond acceptors (Lipinski definition) is 3. The van der Waals surface area contributed by atoms with Gasteiger partial charge in [0.25, 0.3) is 5.56 Å². The topological polar surface area (TPSA) is 77.0 Å². The summed E-state index contributed by atoms with van der Waals surface area (Å²) in [5.41, 5.74) is 4.24. The van der Waals surface area contributed by atoms with Crippen molar-refractivity contribution in [2.75, 3.05) is 4.90 Å². The molecule has 3 rings (SSSR count). The number of nitrogens with zero attached hydrogens (tertiary/aromatic N) is 2. The molecule has 0 radical (unpaired) electrons. The van der Waals surface area contributed by atoms with Gasteiger partial charge in [-0.05, 0) is 56.4 Å². The second-order valence-electron chi connectivity index (χ2n) is 6.62. The molecule has 5 heteroatoms. The zero-order valence-electron chi connectivity index (χ0n) is 14.7. The molecule has 1 amide bonds. The number of benzene rings is 1. The van der Waals surface area contributed by atoms with Crippen molar-refractivity contribution in [1.82, 2.24) is 4.98 Å². The van der Waals surface area contributed by atoms with Crippen LogP contribution in [0.1, 0.15) is 41.3 Å². The molecule has 2 aromatic rings. The van der Waals surface area contributed by atoms with Crippen LogP contribution in [0, 0.1) is 25.2 Å². The van der Waals surface area contributed by atoms with Crippen LogP contribution in [0.4, 0.5) is 5.69 Å². The summed E-state index contributed by atoms with van der Waals surface area (Å²) in [5, 5.41) is 9.16. The van der Waals surface area contributed by atoms with Crippen LogP contribution in [-0.4, -0.2) is 16.9 Å². The SMILES string of the molecule is Cc1[nH]c(=O)c(C#N)c(C)c1CCC(=O)N1c2ccccc2CC1C. The number of H-pyrrole nitrogens is 1. The second-order valence-corrected chi connectivity index (χ2v) is 6.62. The lowest BCUT2D eigenvalue weighted by Gasteiger charge is -2.23. The van der Waals surface area contributed by atoms with E-state index in [9.17, 15) is 9.59 Å². The number of carbonyl (C=O) groups excluding carboxylic acids is 1. The molecular formula is C20H21N3O2. The summed E-state index contributed by atoms with van der Waals surface area (Å²) < 4.78 is 0. The Morgan fingerprint density at radius 1 is 1.36 bits per heavy atom. The lowest BCUT2D eigenvalue weighted by atomic mass is 9.99. The summed E-state index contributed by atoms with van der Waals surface area (Å²) in [7, 11) is 0. The normalized spacial score (nSPS) is 15.8. The zero-order valence-corrected chi connectivity index (χ0v) is 14.7. The first-order valence-electron chi connectivity index (χ1n) is 8.46. The molecule has 1 aromatic heterocycles. The molecule has 0 saturated heterocycles. The van der Waals surface area contributed by atoms with Gasteiger partial charge in [-0.15, -0.1) is 0 Å². The van der Waals surface area contributed by atoms with E-state index in [2.05, 4.69) is 18.0 Å². The summed E-state index contributed by atoms with van der Waals surface area (Å²) in [6, 6.07) is 10.1. The monoisotopic (exact) mass is 335 g/mol. The molecule has 5 nitrogen and oxygen atoms in total. The summed E-state index contributed by atoms with van der Waals surface area (Å²) in [6.45, 7) is 5.64. The molecular weight excluding hydrogens is 314 g/mol.